The molecule has 3 rings (SSSR count). The lowest BCUT2D eigenvalue weighted by atomic mass is 9.96. The Morgan fingerprint density at radius 1 is 1.41 bits per heavy atom. The summed E-state index contributed by atoms with van der Waals surface area (Å²) in [5, 5.41) is 30.1. The van der Waals surface area contributed by atoms with Gasteiger partial charge in [0, 0.05) is 4.88 Å². The van der Waals surface area contributed by atoms with Crippen LogP contribution in [-0.2, 0) is 17.6 Å². The molecule has 2 aromatic heterocycles. The highest BCUT2D eigenvalue weighted by molar-refractivity contribution is 7.99. The lowest BCUT2D eigenvalue weighted by Gasteiger charge is -2.18. The van der Waals surface area contributed by atoms with Gasteiger partial charge in [-0.3, -0.25) is 9.36 Å². The minimum atomic E-state index is -0.619. The lowest BCUT2D eigenvalue weighted by molar-refractivity contribution is -0.119. The first-order valence-electron chi connectivity index (χ1n) is 8.66. The monoisotopic (exact) mass is 401 g/mol. The number of anilines is 2. The molecule has 2 aromatic rings. The summed E-state index contributed by atoms with van der Waals surface area (Å²) >= 11 is 2.67. The molecule has 0 fully saturated rings. The Labute approximate surface area is 165 Å². The quantitative estimate of drug-likeness (QED) is 0.711. The molecule has 2 heterocycles. The SMILES string of the molecule is CCC(C(=O)Nc1sc2c(c1C#N)CCCC2)n1c(N)nnc1SCC#N. The molecule has 10 heteroatoms. The normalized spacial score (nSPS) is 14.0. The number of thioether (sulfide) groups is 1. The molecular formula is C17H19N7OS2. The maximum absolute atomic E-state index is 13.0. The Bertz CT molecular complexity index is 934. The van der Waals surface area contributed by atoms with Gasteiger partial charge in [-0.05, 0) is 37.7 Å². The number of nitrogen functional groups attached to an aromatic ring is 1. The number of nitrogens with zero attached hydrogens (tertiary/aromatic N) is 5. The van der Waals surface area contributed by atoms with Crippen LogP contribution in [0.2, 0.25) is 0 Å². The van der Waals surface area contributed by atoms with Gasteiger partial charge >= 0.3 is 0 Å². The summed E-state index contributed by atoms with van der Waals surface area (Å²) < 4.78 is 1.55. The van der Waals surface area contributed by atoms with Crippen LogP contribution in [0.25, 0.3) is 0 Å². The molecule has 0 saturated carbocycles. The van der Waals surface area contributed by atoms with E-state index in [0.29, 0.717) is 22.1 Å². The van der Waals surface area contributed by atoms with Crippen LogP contribution in [0.3, 0.4) is 0 Å². The van der Waals surface area contributed by atoms with E-state index in [0.717, 1.165) is 31.2 Å². The number of fused-ring (bicyclic) bond motifs is 1. The molecule has 1 aliphatic carbocycles. The Morgan fingerprint density at radius 2 is 2.19 bits per heavy atom. The molecule has 0 saturated heterocycles. The summed E-state index contributed by atoms with van der Waals surface area (Å²) in [5.74, 6) is 0.0493. The number of hydrogen-bond acceptors (Lipinski definition) is 8. The maximum atomic E-state index is 13.0. The van der Waals surface area contributed by atoms with Crippen LogP contribution in [0.4, 0.5) is 10.9 Å². The first kappa shape index (κ1) is 19.2. The number of rotatable bonds is 6. The highest BCUT2D eigenvalue weighted by atomic mass is 32.2. The van der Waals surface area contributed by atoms with E-state index in [-0.39, 0.29) is 17.6 Å². The summed E-state index contributed by atoms with van der Waals surface area (Å²) in [7, 11) is 0. The number of nitrogens with two attached hydrogens (primary N) is 1. The van der Waals surface area contributed by atoms with E-state index in [4.69, 9.17) is 11.0 Å². The van der Waals surface area contributed by atoms with Crippen molar-refractivity contribution in [2.45, 2.75) is 50.2 Å². The van der Waals surface area contributed by atoms with Gasteiger partial charge in [-0.15, -0.1) is 21.5 Å². The topological polar surface area (TPSA) is 133 Å². The smallest absolute Gasteiger partial charge is 0.248 e. The van der Waals surface area contributed by atoms with Crippen LogP contribution in [0.1, 0.15) is 48.2 Å². The van der Waals surface area contributed by atoms with Crippen LogP contribution in [0, 0.1) is 22.7 Å². The number of thiophene rings is 1. The fraction of sp³-hybridized carbons (Fsp3) is 0.471. The van der Waals surface area contributed by atoms with Crippen molar-refractivity contribution in [3.63, 3.8) is 0 Å². The van der Waals surface area contributed by atoms with E-state index in [2.05, 4.69) is 21.6 Å². The zero-order chi connectivity index (χ0) is 19.4. The number of nitrogens with one attached hydrogen (secondary N) is 1. The fourth-order valence-corrected chi connectivity index (χ4v) is 5.12. The highest BCUT2D eigenvalue weighted by Gasteiger charge is 2.28. The summed E-state index contributed by atoms with van der Waals surface area (Å²) in [5.41, 5.74) is 7.57. The van der Waals surface area contributed by atoms with E-state index in [1.54, 1.807) is 4.57 Å². The van der Waals surface area contributed by atoms with Crippen LogP contribution in [0.15, 0.2) is 5.16 Å². The molecule has 1 atom stereocenters. The Morgan fingerprint density at radius 3 is 2.89 bits per heavy atom. The van der Waals surface area contributed by atoms with Gasteiger partial charge in [-0.2, -0.15) is 10.5 Å². The second-order valence-corrected chi connectivity index (χ2v) is 8.15. The number of aryl methyl sites for hydroxylation is 1. The van der Waals surface area contributed by atoms with Crippen molar-refractivity contribution >= 4 is 40.0 Å². The number of carbonyl (C=O) groups is 1. The Balaban J connectivity index is 1.88. The number of hydrogen-bond donors (Lipinski definition) is 2. The van der Waals surface area contributed by atoms with Gasteiger partial charge in [-0.25, -0.2) is 0 Å². The van der Waals surface area contributed by atoms with Crippen molar-refractivity contribution in [2.75, 3.05) is 16.8 Å². The second kappa shape index (κ2) is 8.42. The van der Waals surface area contributed by atoms with Gasteiger partial charge in [0.2, 0.25) is 11.9 Å². The summed E-state index contributed by atoms with van der Waals surface area (Å²) in [4.78, 5) is 14.2. The number of amides is 1. The Hall–Kier alpha value is -2.56. The molecule has 0 radical (unpaired) electrons. The van der Waals surface area contributed by atoms with Gasteiger partial charge in [0.05, 0.1) is 17.4 Å². The van der Waals surface area contributed by atoms with E-state index in [1.165, 1.54) is 28.0 Å². The average molecular weight is 402 g/mol. The maximum Gasteiger partial charge on any atom is 0.248 e. The summed E-state index contributed by atoms with van der Waals surface area (Å²) in [6.45, 7) is 1.87. The molecule has 3 N–H and O–H groups in total. The van der Waals surface area contributed by atoms with Gasteiger partial charge in [-0.1, -0.05) is 18.7 Å². The molecule has 1 amide bonds. The lowest BCUT2D eigenvalue weighted by Crippen LogP contribution is -2.27. The third kappa shape index (κ3) is 3.77. The largest absolute Gasteiger partial charge is 0.368 e. The van der Waals surface area contributed by atoms with Crippen molar-refractivity contribution in [2.24, 2.45) is 0 Å². The highest BCUT2D eigenvalue weighted by Crippen LogP contribution is 2.38. The summed E-state index contributed by atoms with van der Waals surface area (Å²) in [6, 6.07) is 3.66. The van der Waals surface area contributed by atoms with Crippen molar-refractivity contribution < 1.29 is 4.79 Å². The molecular weight excluding hydrogens is 382 g/mol. The predicted octanol–water partition coefficient (Wildman–Crippen LogP) is 2.88. The fourth-order valence-electron chi connectivity index (χ4n) is 3.23. The molecule has 140 valence electrons. The first-order chi connectivity index (χ1) is 13.1. The van der Waals surface area contributed by atoms with Crippen molar-refractivity contribution in [1.82, 2.24) is 14.8 Å². The molecule has 0 aromatic carbocycles. The molecule has 27 heavy (non-hydrogen) atoms. The van der Waals surface area contributed by atoms with E-state index in [1.807, 2.05) is 13.0 Å². The number of nitriles is 2. The predicted molar refractivity (Wildman–Crippen MR) is 104 cm³/mol. The molecule has 0 aliphatic heterocycles. The zero-order valence-corrected chi connectivity index (χ0v) is 16.5. The van der Waals surface area contributed by atoms with Gasteiger partial charge in [0.25, 0.3) is 0 Å². The van der Waals surface area contributed by atoms with E-state index >= 15 is 0 Å². The third-order valence-corrected chi connectivity index (χ3v) is 6.49. The summed E-state index contributed by atoms with van der Waals surface area (Å²) in [6.07, 6.45) is 4.49. The molecule has 0 spiro atoms. The zero-order valence-electron chi connectivity index (χ0n) is 14.9. The molecule has 0 bridgehead atoms. The first-order valence-corrected chi connectivity index (χ1v) is 10.5. The van der Waals surface area contributed by atoms with Gasteiger partial charge < -0.3 is 11.1 Å². The second-order valence-electron chi connectivity index (χ2n) is 6.10. The molecule has 1 unspecified atom stereocenters. The van der Waals surface area contributed by atoms with Crippen LogP contribution in [-0.4, -0.2) is 26.4 Å². The average Bonchev–Trinajstić information content (AvgIpc) is 3.21. The van der Waals surface area contributed by atoms with Gasteiger partial charge in [0.15, 0.2) is 5.16 Å². The number of aromatic nitrogens is 3. The van der Waals surface area contributed by atoms with Crippen LogP contribution in [0.5, 0.6) is 0 Å². The Kier molecular flexibility index (Phi) is 5.99. The van der Waals surface area contributed by atoms with E-state index < -0.39 is 6.04 Å². The number of carbonyl (C=O) groups excluding carboxylic acids is 1. The minimum absolute atomic E-state index is 0.128. The standard InChI is InChI=1S/C17H19N7OS2/c1-2-12(24-16(20)22-23-17(24)26-8-7-18)14(25)21-15-11(9-19)10-5-3-4-6-13(10)27-15/h12H,2-6,8H2,1H3,(H2,20,22)(H,21,25). The van der Waals surface area contributed by atoms with Crippen LogP contribution >= 0.6 is 23.1 Å². The molecule has 1 aliphatic rings. The van der Waals surface area contributed by atoms with E-state index in [9.17, 15) is 10.1 Å². The van der Waals surface area contributed by atoms with Crippen molar-refractivity contribution in [1.29, 1.82) is 10.5 Å². The van der Waals surface area contributed by atoms with Crippen molar-refractivity contribution in [3.05, 3.63) is 16.0 Å². The minimum Gasteiger partial charge on any atom is -0.368 e. The molecule has 8 nitrogen and oxygen atoms in total. The third-order valence-electron chi connectivity index (χ3n) is 4.48. The van der Waals surface area contributed by atoms with Crippen molar-refractivity contribution in [3.8, 4) is 12.1 Å². The van der Waals surface area contributed by atoms with Crippen LogP contribution < -0.4 is 11.1 Å². The van der Waals surface area contributed by atoms with Gasteiger partial charge in [0.1, 0.15) is 17.1 Å².